The number of pyridine rings is 1. The molecule has 1 aliphatic carbocycles. The van der Waals surface area contributed by atoms with Crippen LogP contribution in [0.3, 0.4) is 0 Å². The predicted octanol–water partition coefficient (Wildman–Crippen LogP) is 4.67. The van der Waals surface area contributed by atoms with E-state index >= 15 is 0 Å². The molecule has 1 aliphatic rings. The summed E-state index contributed by atoms with van der Waals surface area (Å²) < 4.78 is 0. The average Bonchev–Trinajstić information content (AvgIpc) is 2.99. The molecule has 3 aromatic rings. The minimum atomic E-state index is 0.264. The number of hydrogen-bond acceptors (Lipinski definition) is 2. The van der Waals surface area contributed by atoms with Gasteiger partial charge >= 0.3 is 0 Å². The molecule has 0 aliphatic heterocycles. The molecule has 0 unspecified atom stereocenters. The largest absolute Gasteiger partial charge is 0.506 e. The third-order valence-electron chi connectivity index (χ3n) is 4.40. The SMILES string of the molecule is Oc1cc2ccc3c(c2nc1Cc1ccc(Cl)cc1)CCC3. The summed E-state index contributed by atoms with van der Waals surface area (Å²) in [5.41, 5.74) is 5.64. The van der Waals surface area contributed by atoms with Gasteiger partial charge in [0.2, 0.25) is 0 Å². The fraction of sp³-hybridized carbons (Fsp3) is 0.211. The van der Waals surface area contributed by atoms with E-state index in [1.807, 2.05) is 30.3 Å². The van der Waals surface area contributed by atoms with Gasteiger partial charge in [0.25, 0.3) is 0 Å². The lowest BCUT2D eigenvalue weighted by Gasteiger charge is -2.10. The molecule has 0 saturated heterocycles. The fourth-order valence-electron chi connectivity index (χ4n) is 3.26. The van der Waals surface area contributed by atoms with Gasteiger partial charge in [0.05, 0.1) is 11.2 Å². The van der Waals surface area contributed by atoms with Crippen LogP contribution in [0.4, 0.5) is 0 Å². The van der Waals surface area contributed by atoms with Crippen molar-refractivity contribution < 1.29 is 5.11 Å². The van der Waals surface area contributed by atoms with Crippen LogP contribution < -0.4 is 0 Å². The van der Waals surface area contributed by atoms with Gasteiger partial charge in [-0.05, 0) is 54.2 Å². The van der Waals surface area contributed by atoms with Crippen LogP contribution in [0.5, 0.6) is 5.75 Å². The smallest absolute Gasteiger partial charge is 0.138 e. The molecular formula is C19H16ClNO. The second-order valence-corrected chi connectivity index (χ2v) is 6.32. The van der Waals surface area contributed by atoms with E-state index in [9.17, 15) is 5.11 Å². The highest BCUT2D eigenvalue weighted by Crippen LogP contribution is 2.32. The van der Waals surface area contributed by atoms with Crippen LogP contribution in [-0.2, 0) is 19.3 Å². The Hall–Kier alpha value is -2.06. The van der Waals surface area contributed by atoms with Gasteiger partial charge in [-0.2, -0.15) is 0 Å². The van der Waals surface area contributed by atoms with Crippen molar-refractivity contribution in [3.05, 3.63) is 69.9 Å². The van der Waals surface area contributed by atoms with E-state index in [-0.39, 0.29) is 5.75 Å². The van der Waals surface area contributed by atoms with Crippen molar-refractivity contribution in [3.63, 3.8) is 0 Å². The summed E-state index contributed by atoms with van der Waals surface area (Å²) in [6, 6.07) is 13.8. The zero-order valence-corrected chi connectivity index (χ0v) is 12.9. The zero-order chi connectivity index (χ0) is 15.1. The van der Waals surface area contributed by atoms with Gasteiger partial charge in [-0.3, -0.25) is 0 Å². The number of halogens is 1. The number of benzene rings is 2. The maximum absolute atomic E-state index is 10.3. The number of aromatic hydroxyl groups is 1. The lowest BCUT2D eigenvalue weighted by atomic mass is 10.0. The topological polar surface area (TPSA) is 33.1 Å². The van der Waals surface area contributed by atoms with E-state index in [4.69, 9.17) is 16.6 Å². The Morgan fingerprint density at radius 3 is 2.68 bits per heavy atom. The molecular weight excluding hydrogens is 294 g/mol. The molecule has 2 aromatic carbocycles. The predicted molar refractivity (Wildman–Crippen MR) is 89.7 cm³/mol. The summed E-state index contributed by atoms with van der Waals surface area (Å²) in [4.78, 5) is 4.78. The highest BCUT2D eigenvalue weighted by atomic mass is 35.5. The fourth-order valence-corrected chi connectivity index (χ4v) is 3.39. The first-order valence-electron chi connectivity index (χ1n) is 7.58. The first kappa shape index (κ1) is 13.6. The van der Waals surface area contributed by atoms with Crippen LogP contribution in [0, 0.1) is 0 Å². The molecule has 3 heteroatoms. The molecule has 1 N–H and O–H groups in total. The van der Waals surface area contributed by atoms with Crippen molar-refractivity contribution in [2.75, 3.05) is 0 Å². The van der Waals surface area contributed by atoms with E-state index in [0.29, 0.717) is 6.42 Å². The van der Waals surface area contributed by atoms with Crippen LogP contribution in [-0.4, -0.2) is 10.1 Å². The average molecular weight is 310 g/mol. The van der Waals surface area contributed by atoms with Gasteiger partial charge in [0.1, 0.15) is 5.75 Å². The first-order valence-corrected chi connectivity index (χ1v) is 7.96. The third kappa shape index (κ3) is 2.34. The molecule has 22 heavy (non-hydrogen) atoms. The summed E-state index contributed by atoms with van der Waals surface area (Å²) in [6.45, 7) is 0. The van der Waals surface area contributed by atoms with Gasteiger partial charge in [-0.25, -0.2) is 4.98 Å². The number of nitrogens with zero attached hydrogens (tertiary/aromatic N) is 1. The van der Waals surface area contributed by atoms with Gasteiger partial charge in [-0.15, -0.1) is 0 Å². The Morgan fingerprint density at radius 1 is 1.05 bits per heavy atom. The molecule has 2 nitrogen and oxygen atoms in total. The van der Waals surface area contributed by atoms with Gasteiger partial charge < -0.3 is 5.11 Å². The van der Waals surface area contributed by atoms with Crippen molar-refractivity contribution >= 4 is 22.5 Å². The van der Waals surface area contributed by atoms with Crippen LogP contribution in [0.2, 0.25) is 5.02 Å². The molecule has 0 radical (unpaired) electrons. The molecule has 0 amide bonds. The summed E-state index contributed by atoms with van der Waals surface area (Å²) in [5, 5.41) is 12.0. The molecule has 1 heterocycles. The summed E-state index contributed by atoms with van der Waals surface area (Å²) in [6.07, 6.45) is 4.04. The zero-order valence-electron chi connectivity index (χ0n) is 12.1. The Kier molecular flexibility index (Phi) is 3.27. The van der Waals surface area contributed by atoms with Crippen LogP contribution in [0.1, 0.15) is 28.8 Å². The Labute approximate surface area is 134 Å². The summed E-state index contributed by atoms with van der Waals surface area (Å²) >= 11 is 5.92. The standard InChI is InChI=1S/C19H16ClNO/c20-15-8-4-12(5-9-15)10-17-18(22)11-14-7-6-13-2-1-3-16(13)19(14)21-17/h4-9,11,22H,1-3,10H2. The number of aromatic nitrogens is 1. The lowest BCUT2D eigenvalue weighted by Crippen LogP contribution is -1.96. The molecule has 0 fully saturated rings. The van der Waals surface area contributed by atoms with Crippen molar-refractivity contribution in [1.82, 2.24) is 4.98 Å². The van der Waals surface area contributed by atoms with Crippen LogP contribution >= 0.6 is 11.6 Å². The second-order valence-electron chi connectivity index (χ2n) is 5.89. The first-order chi connectivity index (χ1) is 10.7. The number of rotatable bonds is 2. The molecule has 0 atom stereocenters. The highest BCUT2D eigenvalue weighted by molar-refractivity contribution is 6.30. The number of aryl methyl sites for hydroxylation is 2. The molecule has 110 valence electrons. The van der Waals surface area contributed by atoms with E-state index in [1.54, 1.807) is 0 Å². The summed E-state index contributed by atoms with van der Waals surface area (Å²) in [7, 11) is 0. The summed E-state index contributed by atoms with van der Waals surface area (Å²) in [5.74, 6) is 0.264. The highest BCUT2D eigenvalue weighted by Gasteiger charge is 2.16. The van der Waals surface area contributed by atoms with E-state index in [1.165, 1.54) is 17.5 Å². The third-order valence-corrected chi connectivity index (χ3v) is 4.66. The molecule has 0 spiro atoms. The maximum atomic E-state index is 10.3. The van der Waals surface area contributed by atoms with Crippen molar-refractivity contribution in [2.45, 2.75) is 25.7 Å². The Bertz CT molecular complexity index is 855. The second kappa shape index (κ2) is 5.29. The van der Waals surface area contributed by atoms with Crippen molar-refractivity contribution in [1.29, 1.82) is 0 Å². The molecule has 0 bridgehead atoms. The Balaban J connectivity index is 1.80. The molecule has 4 rings (SSSR count). The quantitative estimate of drug-likeness (QED) is 0.746. The van der Waals surface area contributed by atoms with Gasteiger partial charge in [-0.1, -0.05) is 35.9 Å². The monoisotopic (exact) mass is 309 g/mol. The van der Waals surface area contributed by atoms with E-state index < -0.39 is 0 Å². The Morgan fingerprint density at radius 2 is 1.86 bits per heavy atom. The van der Waals surface area contributed by atoms with Crippen LogP contribution in [0.25, 0.3) is 10.9 Å². The minimum absolute atomic E-state index is 0.264. The van der Waals surface area contributed by atoms with Gasteiger partial charge in [0, 0.05) is 16.8 Å². The van der Waals surface area contributed by atoms with Crippen molar-refractivity contribution in [3.8, 4) is 5.75 Å². The normalized spacial score (nSPS) is 13.5. The van der Waals surface area contributed by atoms with E-state index in [0.717, 1.165) is 40.0 Å². The molecule has 0 saturated carbocycles. The minimum Gasteiger partial charge on any atom is -0.506 e. The maximum Gasteiger partial charge on any atom is 0.138 e. The molecule has 1 aromatic heterocycles. The van der Waals surface area contributed by atoms with Gasteiger partial charge in [0.15, 0.2) is 0 Å². The van der Waals surface area contributed by atoms with E-state index in [2.05, 4.69) is 12.1 Å². The lowest BCUT2D eigenvalue weighted by molar-refractivity contribution is 0.467. The van der Waals surface area contributed by atoms with Crippen molar-refractivity contribution in [2.24, 2.45) is 0 Å². The van der Waals surface area contributed by atoms with Crippen LogP contribution in [0.15, 0.2) is 42.5 Å². The number of hydrogen-bond donors (Lipinski definition) is 1. The number of fused-ring (bicyclic) bond motifs is 3.